The van der Waals surface area contributed by atoms with E-state index < -0.39 is 6.04 Å². The van der Waals surface area contributed by atoms with E-state index in [1.165, 1.54) is 6.92 Å². The molecule has 0 radical (unpaired) electrons. The highest BCUT2D eigenvalue weighted by Crippen LogP contribution is 2.08. The Hall–Kier alpha value is -0.930. The molecule has 0 aliphatic rings. The molecule has 0 amide bonds. The van der Waals surface area contributed by atoms with Crippen molar-refractivity contribution in [3.63, 3.8) is 0 Å². The first kappa shape index (κ1) is 11.1. The minimum absolute atomic E-state index is 0.0259. The summed E-state index contributed by atoms with van der Waals surface area (Å²) in [6, 6.07) is -0.529. The molecule has 0 spiro atoms. The minimum Gasteiger partial charge on any atom is -0.300 e. The lowest BCUT2D eigenvalue weighted by atomic mass is 10.1. The van der Waals surface area contributed by atoms with Crippen molar-refractivity contribution in [1.29, 1.82) is 0 Å². The van der Waals surface area contributed by atoms with Crippen LogP contribution in [0.25, 0.3) is 0 Å². The molecular weight excluding hydrogens is 158 g/mol. The third-order valence-corrected chi connectivity index (χ3v) is 1.75. The molecule has 0 aliphatic carbocycles. The number of carbonyl (C=O) groups is 1. The highest BCUT2D eigenvalue weighted by molar-refractivity contribution is 5.75. The van der Waals surface area contributed by atoms with Crippen LogP contribution in [0.5, 0.6) is 0 Å². The summed E-state index contributed by atoms with van der Waals surface area (Å²) in [7, 11) is 0. The average Bonchev–Trinajstić information content (AvgIpc) is 1.96. The predicted octanol–water partition coefficient (Wildman–Crippen LogP) is 1.80. The molecule has 0 saturated heterocycles. The van der Waals surface area contributed by atoms with Crippen LogP contribution in [0, 0.1) is 10.1 Å². The Balaban J connectivity index is 3.79. The Labute approximate surface area is 72.1 Å². The first-order valence-corrected chi connectivity index (χ1v) is 4.20. The first-order chi connectivity index (χ1) is 5.57. The third-order valence-electron chi connectivity index (χ3n) is 1.75. The molecule has 70 valence electrons. The maximum absolute atomic E-state index is 10.6. The van der Waals surface area contributed by atoms with E-state index in [0.29, 0.717) is 19.3 Å². The molecule has 0 aromatic rings. The largest absolute Gasteiger partial charge is 0.300 e. The summed E-state index contributed by atoms with van der Waals surface area (Å²) in [5.41, 5.74) is 0. The van der Waals surface area contributed by atoms with Crippen LogP contribution in [0.1, 0.15) is 39.5 Å². The fraction of sp³-hybridized carbons (Fsp3) is 0.875. The summed E-state index contributed by atoms with van der Waals surface area (Å²) in [5.74, 6) is 0.0259. The number of rotatable bonds is 6. The maximum atomic E-state index is 10.6. The summed E-state index contributed by atoms with van der Waals surface area (Å²) in [6.07, 6.45) is 2.08. The second-order valence-corrected chi connectivity index (χ2v) is 2.97. The van der Waals surface area contributed by atoms with Crippen LogP contribution < -0.4 is 0 Å². The van der Waals surface area contributed by atoms with Gasteiger partial charge in [-0.25, -0.2) is 0 Å². The molecule has 4 heteroatoms. The first-order valence-electron chi connectivity index (χ1n) is 4.20. The Morgan fingerprint density at radius 2 is 2.08 bits per heavy atom. The number of hydrogen-bond donors (Lipinski definition) is 0. The maximum Gasteiger partial charge on any atom is 0.213 e. The van der Waals surface area contributed by atoms with Gasteiger partial charge in [-0.15, -0.1) is 0 Å². The minimum atomic E-state index is -0.529. The quantitative estimate of drug-likeness (QED) is 0.454. The van der Waals surface area contributed by atoms with Gasteiger partial charge in [-0.1, -0.05) is 6.92 Å². The van der Waals surface area contributed by atoms with Crippen molar-refractivity contribution in [2.24, 2.45) is 0 Å². The fourth-order valence-corrected chi connectivity index (χ4v) is 1.06. The fourth-order valence-electron chi connectivity index (χ4n) is 1.06. The smallest absolute Gasteiger partial charge is 0.213 e. The van der Waals surface area contributed by atoms with Gasteiger partial charge in [0.15, 0.2) is 0 Å². The zero-order valence-corrected chi connectivity index (χ0v) is 7.58. The van der Waals surface area contributed by atoms with Gasteiger partial charge in [-0.2, -0.15) is 0 Å². The molecule has 12 heavy (non-hydrogen) atoms. The molecule has 0 bridgehead atoms. The SMILES string of the molecule is CCC[C@@H](CCC(C)=O)[N+](=O)[O-]. The zero-order valence-electron chi connectivity index (χ0n) is 7.58. The molecule has 0 heterocycles. The topological polar surface area (TPSA) is 60.2 Å². The van der Waals surface area contributed by atoms with Gasteiger partial charge in [0.2, 0.25) is 6.04 Å². The van der Waals surface area contributed by atoms with Crippen molar-refractivity contribution in [1.82, 2.24) is 0 Å². The lowest BCUT2D eigenvalue weighted by molar-refractivity contribution is -0.524. The number of ketones is 1. The van der Waals surface area contributed by atoms with E-state index in [1.54, 1.807) is 0 Å². The molecule has 0 unspecified atom stereocenters. The van der Waals surface area contributed by atoms with Gasteiger partial charge in [0, 0.05) is 24.2 Å². The molecule has 0 rings (SSSR count). The second kappa shape index (κ2) is 5.69. The normalized spacial score (nSPS) is 12.5. The molecule has 0 aliphatic heterocycles. The van der Waals surface area contributed by atoms with Gasteiger partial charge in [0.1, 0.15) is 5.78 Å². The van der Waals surface area contributed by atoms with E-state index in [2.05, 4.69) is 0 Å². The van der Waals surface area contributed by atoms with E-state index in [-0.39, 0.29) is 10.7 Å². The van der Waals surface area contributed by atoms with Crippen molar-refractivity contribution in [3.8, 4) is 0 Å². The monoisotopic (exact) mass is 173 g/mol. The van der Waals surface area contributed by atoms with Gasteiger partial charge >= 0.3 is 0 Å². The number of nitro groups is 1. The number of carbonyl (C=O) groups excluding carboxylic acids is 1. The summed E-state index contributed by atoms with van der Waals surface area (Å²) < 4.78 is 0. The number of nitrogens with zero attached hydrogens (tertiary/aromatic N) is 1. The average molecular weight is 173 g/mol. The molecule has 0 saturated carbocycles. The molecule has 0 N–H and O–H groups in total. The van der Waals surface area contributed by atoms with Crippen LogP contribution in [0.4, 0.5) is 0 Å². The van der Waals surface area contributed by atoms with Crippen molar-refractivity contribution < 1.29 is 9.72 Å². The molecule has 0 aromatic carbocycles. The molecule has 4 nitrogen and oxygen atoms in total. The Morgan fingerprint density at radius 3 is 2.42 bits per heavy atom. The molecular formula is C8H15NO3. The Morgan fingerprint density at radius 1 is 1.50 bits per heavy atom. The second-order valence-electron chi connectivity index (χ2n) is 2.97. The van der Waals surface area contributed by atoms with Crippen LogP contribution in [0.3, 0.4) is 0 Å². The Kier molecular flexibility index (Phi) is 5.25. The Bertz CT molecular complexity index is 168. The summed E-state index contributed by atoms with van der Waals surface area (Å²) >= 11 is 0. The third kappa shape index (κ3) is 4.82. The van der Waals surface area contributed by atoms with Gasteiger partial charge < -0.3 is 4.79 Å². The van der Waals surface area contributed by atoms with E-state index in [4.69, 9.17) is 0 Å². The highest BCUT2D eigenvalue weighted by atomic mass is 16.6. The summed E-state index contributed by atoms with van der Waals surface area (Å²) in [6.45, 7) is 3.37. The van der Waals surface area contributed by atoms with Crippen LogP contribution in [-0.4, -0.2) is 16.7 Å². The van der Waals surface area contributed by atoms with E-state index in [1.807, 2.05) is 6.92 Å². The van der Waals surface area contributed by atoms with E-state index >= 15 is 0 Å². The number of Topliss-reactive ketones (excluding diaryl/α,β-unsaturated/α-hetero) is 1. The number of hydrogen-bond acceptors (Lipinski definition) is 3. The van der Waals surface area contributed by atoms with Gasteiger partial charge in [-0.05, 0) is 13.3 Å². The lowest BCUT2D eigenvalue weighted by Gasteiger charge is -2.05. The predicted molar refractivity (Wildman–Crippen MR) is 45.6 cm³/mol. The summed E-state index contributed by atoms with van der Waals surface area (Å²) in [4.78, 5) is 20.7. The lowest BCUT2D eigenvalue weighted by Crippen LogP contribution is -2.19. The van der Waals surface area contributed by atoms with E-state index in [9.17, 15) is 14.9 Å². The van der Waals surface area contributed by atoms with Crippen LogP contribution in [0.15, 0.2) is 0 Å². The van der Waals surface area contributed by atoms with Crippen LogP contribution in [-0.2, 0) is 4.79 Å². The summed E-state index contributed by atoms with van der Waals surface area (Å²) in [5, 5.41) is 10.4. The van der Waals surface area contributed by atoms with Gasteiger partial charge in [-0.3, -0.25) is 10.1 Å². The van der Waals surface area contributed by atoms with Crippen LogP contribution in [0.2, 0.25) is 0 Å². The van der Waals surface area contributed by atoms with Gasteiger partial charge in [0.05, 0.1) is 0 Å². The zero-order chi connectivity index (χ0) is 9.56. The van der Waals surface area contributed by atoms with Crippen LogP contribution >= 0.6 is 0 Å². The van der Waals surface area contributed by atoms with Crippen molar-refractivity contribution >= 4 is 5.78 Å². The van der Waals surface area contributed by atoms with E-state index in [0.717, 1.165) is 6.42 Å². The standard InChI is InChI=1S/C8H15NO3/c1-3-4-8(9(11)12)6-5-7(2)10/h8H,3-6H2,1-2H3/t8-/m0/s1. The molecule has 0 aromatic heterocycles. The molecule has 1 atom stereocenters. The highest BCUT2D eigenvalue weighted by Gasteiger charge is 2.18. The van der Waals surface area contributed by atoms with Crippen molar-refractivity contribution in [2.45, 2.75) is 45.6 Å². The molecule has 0 fully saturated rings. The van der Waals surface area contributed by atoms with Crippen molar-refractivity contribution in [3.05, 3.63) is 10.1 Å². The van der Waals surface area contributed by atoms with Crippen molar-refractivity contribution in [2.75, 3.05) is 0 Å². The van der Waals surface area contributed by atoms with Gasteiger partial charge in [0.25, 0.3) is 0 Å².